The van der Waals surface area contributed by atoms with E-state index in [4.69, 9.17) is 4.74 Å². The lowest BCUT2D eigenvalue weighted by Crippen LogP contribution is -2.23. The smallest absolute Gasteiger partial charge is 0.392 e. The number of ether oxygens (including phenoxy) is 1. The highest BCUT2D eigenvalue weighted by Gasteiger charge is 2.27. The number of amides is 1. The highest BCUT2D eigenvalue weighted by atomic mass is 19.4. The van der Waals surface area contributed by atoms with Gasteiger partial charge in [0.1, 0.15) is 5.69 Å². The van der Waals surface area contributed by atoms with Gasteiger partial charge in [-0.1, -0.05) is 0 Å². The highest BCUT2D eigenvalue weighted by Crippen LogP contribution is 2.22. The number of hydrogen-bond acceptors (Lipinski definition) is 5. The third-order valence-electron chi connectivity index (χ3n) is 4.09. The summed E-state index contributed by atoms with van der Waals surface area (Å²) >= 11 is 0. The summed E-state index contributed by atoms with van der Waals surface area (Å²) < 4.78 is 43.5. The Bertz CT molecular complexity index is 1020. The Labute approximate surface area is 164 Å². The zero-order chi connectivity index (χ0) is 21.0. The zero-order valence-corrected chi connectivity index (χ0v) is 16.0. The molecular weight excluding hydrogens is 387 g/mol. The molecule has 0 atom stereocenters. The van der Waals surface area contributed by atoms with E-state index in [-0.39, 0.29) is 11.8 Å². The molecule has 0 aromatic carbocycles. The van der Waals surface area contributed by atoms with E-state index in [1.165, 1.54) is 12.4 Å². The van der Waals surface area contributed by atoms with E-state index in [1.807, 2.05) is 6.92 Å². The summed E-state index contributed by atoms with van der Waals surface area (Å²) in [5.74, 6) is -0.0955. The number of pyridine rings is 2. The number of nitrogens with zero attached hydrogens (tertiary/aromatic N) is 4. The molecule has 3 rings (SSSR count). The van der Waals surface area contributed by atoms with Gasteiger partial charge in [0.05, 0.1) is 30.5 Å². The quantitative estimate of drug-likeness (QED) is 0.650. The minimum atomic E-state index is -4.27. The van der Waals surface area contributed by atoms with Crippen LogP contribution in [0.5, 0.6) is 5.88 Å². The molecule has 10 heteroatoms. The van der Waals surface area contributed by atoms with Crippen molar-refractivity contribution in [3.05, 3.63) is 47.5 Å². The minimum absolute atomic E-state index is 0.173. The number of alkyl halides is 3. The van der Waals surface area contributed by atoms with Crippen LogP contribution < -0.4 is 10.1 Å². The lowest BCUT2D eigenvalue weighted by atomic mass is 10.2. The second-order valence-corrected chi connectivity index (χ2v) is 6.46. The summed E-state index contributed by atoms with van der Waals surface area (Å²) in [6.07, 6.45) is -0.500. The molecule has 0 radical (unpaired) electrons. The molecule has 1 amide bonds. The molecule has 0 bridgehead atoms. The molecule has 7 nitrogen and oxygen atoms in total. The summed E-state index contributed by atoms with van der Waals surface area (Å²) in [4.78, 5) is 20.4. The molecule has 0 fully saturated rings. The molecule has 0 aliphatic rings. The Morgan fingerprint density at radius 3 is 2.79 bits per heavy atom. The van der Waals surface area contributed by atoms with E-state index < -0.39 is 19.2 Å². The van der Waals surface area contributed by atoms with Crippen LogP contribution in [0.15, 0.2) is 30.7 Å². The van der Waals surface area contributed by atoms with Crippen LogP contribution in [0.4, 0.5) is 13.2 Å². The van der Waals surface area contributed by atoms with Crippen LogP contribution in [0, 0.1) is 6.92 Å². The topological polar surface area (TPSA) is 81.9 Å². The lowest BCUT2D eigenvalue weighted by Gasteiger charge is -2.11. The van der Waals surface area contributed by atoms with Crippen molar-refractivity contribution in [2.24, 2.45) is 0 Å². The van der Waals surface area contributed by atoms with Gasteiger partial charge in [-0.25, -0.2) is 4.98 Å². The Morgan fingerprint density at radius 1 is 1.31 bits per heavy atom. The molecule has 0 saturated heterocycles. The Balaban J connectivity index is 1.74. The molecule has 1 N–H and O–H groups in total. The standard InChI is InChI=1S/C19H20F3N5O2/c1-3-23-17(28)16-14-11-27(26-15(14)4-6-24-16)10-13-8-12(2)18(25-9-13)29-7-5-19(20,21)22/h4,6,8-9,11H,3,5,7,10H2,1-2H3,(H,23,28). The highest BCUT2D eigenvalue weighted by molar-refractivity contribution is 6.04. The van der Waals surface area contributed by atoms with Crippen LogP contribution >= 0.6 is 0 Å². The van der Waals surface area contributed by atoms with Crippen molar-refractivity contribution in [3.63, 3.8) is 0 Å². The van der Waals surface area contributed by atoms with Gasteiger partial charge in [-0.3, -0.25) is 14.5 Å². The molecule has 3 aromatic rings. The maximum absolute atomic E-state index is 12.2. The van der Waals surface area contributed by atoms with Crippen LogP contribution in [0.1, 0.15) is 35.0 Å². The van der Waals surface area contributed by atoms with E-state index in [9.17, 15) is 18.0 Å². The van der Waals surface area contributed by atoms with E-state index in [0.717, 1.165) is 5.56 Å². The first-order valence-corrected chi connectivity index (χ1v) is 9.02. The van der Waals surface area contributed by atoms with Crippen LogP contribution in [0.3, 0.4) is 0 Å². The van der Waals surface area contributed by atoms with Crippen LogP contribution in [0.25, 0.3) is 10.9 Å². The van der Waals surface area contributed by atoms with Crippen molar-refractivity contribution in [1.82, 2.24) is 25.1 Å². The van der Waals surface area contributed by atoms with Gasteiger partial charge in [0, 0.05) is 30.7 Å². The van der Waals surface area contributed by atoms with Crippen molar-refractivity contribution in [2.75, 3.05) is 13.2 Å². The normalized spacial score (nSPS) is 11.6. The van der Waals surface area contributed by atoms with Crippen molar-refractivity contribution in [1.29, 1.82) is 0 Å². The molecule has 3 heterocycles. The van der Waals surface area contributed by atoms with Gasteiger partial charge < -0.3 is 10.1 Å². The number of carbonyl (C=O) groups is 1. The average Bonchev–Trinajstić information content (AvgIpc) is 3.05. The summed E-state index contributed by atoms with van der Waals surface area (Å²) in [5.41, 5.74) is 2.37. The Hall–Kier alpha value is -3.17. The summed E-state index contributed by atoms with van der Waals surface area (Å²) in [5, 5.41) is 7.81. The molecule has 0 saturated carbocycles. The fraction of sp³-hybridized carbons (Fsp3) is 0.368. The van der Waals surface area contributed by atoms with Crippen molar-refractivity contribution in [3.8, 4) is 5.88 Å². The molecule has 0 unspecified atom stereocenters. The fourth-order valence-corrected chi connectivity index (χ4v) is 2.81. The van der Waals surface area contributed by atoms with Gasteiger partial charge in [-0.05, 0) is 31.5 Å². The number of aromatic nitrogens is 4. The van der Waals surface area contributed by atoms with E-state index in [1.54, 1.807) is 29.9 Å². The number of hydrogen-bond donors (Lipinski definition) is 1. The van der Waals surface area contributed by atoms with Crippen LogP contribution in [-0.4, -0.2) is 45.0 Å². The fourth-order valence-electron chi connectivity index (χ4n) is 2.81. The maximum Gasteiger partial charge on any atom is 0.392 e. The zero-order valence-electron chi connectivity index (χ0n) is 16.0. The van der Waals surface area contributed by atoms with E-state index >= 15 is 0 Å². The molecule has 0 spiro atoms. The van der Waals surface area contributed by atoms with Crippen LogP contribution in [-0.2, 0) is 6.54 Å². The monoisotopic (exact) mass is 407 g/mol. The number of rotatable bonds is 7. The van der Waals surface area contributed by atoms with Gasteiger partial charge in [0.25, 0.3) is 5.91 Å². The van der Waals surface area contributed by atoms with E-state index in [2.05, 4.69) is 20.4 Å². The van der Waals surface area contributed by atoms with Gasteiger partial charge in [0.2, 0.25) is 5.88 Å². The molecule has 154 valence electrons. The van der Waals surface area contributed by atoms with Gasteiger partial charge in [-0.2, -0.15) is 18.3 Å². The second kappa shape index (κ2) is 8.46. The number of fused-ring (bicyclic) bond motifs is 1. The predicted molar refractivity (Wildman–Crippen MR) is 99.8 cm³/mol. The van der Waals surface area contributed by atoms with Crippen molar-refractivity contribution in [2.45, 2.75) is 33.0 Å². The van der Waals surface area contributed by atoms with Crippen molar-refractivity contribution >= 4 is 16.8 Å². The molecule has 29 heavy (non-hydrogen) atoms. The third-order valence-corrected chi connectivity index (χ3v) is 4.09. The van der Waals surface area contributed by atoms with Gasteiger partial charge >= 0.3 is 6.18 Å². The number of nitrogens with one attached hydrogen (secondary N) is 1. The third kappa shape index (κ3) is 5.21. The second-order valence-electron chi connectivity index (χ2n) is 6.46. The minimum Gasteiger partial charge on any atom is -0.477 e. The average molecular weight is 407 g/mol. The molecule has 3 aromatic heterocycles. The lowest BCUT2D eigenvalue weighted by molar-refractivity contribution is -0.139. The number of halogens is 3. The molecular formula is C19H20F3N5O2. The SMILES string of the molecule is CCNC(=O)c1nccc2nn(Cc3cnc(OCCC(F)(F)F)c(C)c3)cc12. The summed E-state index contributed by atoms with van der Waals surface area (Å²) in [7, 11) is 0. The Kier molecular flexibility index (Phi) is 6.00. The maximum atomic E-state index is 12.2. The largest absolute Gasteiger partial charge is 0.477 e. The first-order valence-electron chi connectivity index (χ1n) is 9.02. The Morgan fingerprint density at radius 2 is 2.10 bits per heavy atom. The summed E-state index contributed by atoms with van der Waals surface area (Å²) in [6.45, 7) is 3.94. The first kappa shape index (κ1) is 20.6. The van der Waals surface area contributed by atoms with Gasteiger partial charge in [-0.15, -0.1) is 0 Å². The molecule has 0 aliphatic heterocycles. The number of aryl methyl sites for hydroxylation is 1. The molecule has 0 aliphatic carbocycles. The first-order chi connectivity index (χ1) is 13.8. The van der Waals surface area contributed by atoms with E-state index in [0.29, 0.717) is 35.2 Å². The predicted octanol–water partition coefficient (Wildman–Crippen LogP) is 3.26. The number of carbonyl (C=O) groups excluding carboxylic acids is 1. The van der Waals surface area contributed by atoms with Crippen molar-refractivity contribution < 1.29 is 22.7 Å². The van der Waals surface area contributed by atoms with Crippen LogP contribution in [0.2, 0.25) is 0 Å². The summed E-state index contributed by atoms with van der Waals surface area (Å²) in [6, 6.07) is 3.50. The van der Waals surface area contributed by atoms with Gasteiger partial charge in [0.15, 0.2) is 0 Å².